The summed E-state index contributed by atoms with van der Waals surface area (Å²) in [4.78, 5) is 11.6. The topological polar surface area (TPSA) is 54.4 Å². The van der Waals surface area contributed by atoms with E-state index in [1.807, 2.05) is 0 Å². The molecule has 0 amide bonds. The maximum atomic E-state index is 12.5. The van der Waals surface area contributed by atoms with Crippen LogP contribution in [0.3, 0.4) is 0 Å². The molecular formula is C14H18O3S. The van der Waals surface area contributed by atoms with Crippen molar-refractivity contribution < 1.29 is 14.1 Å². The average Bonchev–Trinajstić information content (AvgIpc) is 2.38. The Morgan fingerprint density at radius 1 is 1.33 bits per heavy atom. The Hall–Kier alpha value is -1.16. The number of hydrogen-bond donors (Lipinski definition) is 1. The third kappa shape index (κ3) is 2.80. The molecule has 2 rings (SSSR count). The highest BCUT2D eigenvalue weighted by atomic mass is 32.2. The predicted molar refractivity (Wildman–Crippen MR) is 71.2 cm³/mol. The summed E-state index contributed by atoms with van der Waals surface area (Å²) in [6.07, 6.45) is 4.15. The lowest BCUT2D eigenvalue weighted by Crippen LogP contribution is -2.24. The number of hydrogen-bond acceptors (Lipinski definition) is 2. The van der Waals surface area contributed by atoms with E-state index < -0.39 is 16.8 Å². The van der Waals surface area contributed by atoms with Crippen LogP contribution in [-0.2, 0) is 10.8 Å². The van der Waals surface area contributed by atoms with Gasteiger partial charge in [0.05, 0.1) is 21.3 Å². The van der Waals surface area contributed by atoms with Gasteiger partial charge in [0, 0.05) is 5.25 Å². The van der Waals surface area contributed by atoms with Crippen LogP contribution in [0.15, 0.2) is 29.2 Å². The van der Waals surface area contributed by atoms with E-state index in [4.69, 9.17) is 5.11 Å². The van der Waals surface area contributed by atoms with Gasteiger partial charge in [0.15, 0.2) is 0 Å². The van der Waals surface area contributed by atoms with Crippen molar-refractivity contribution in [1.82, 2.24) is 0 Å². The van der Waals surface area contributed by atoms with E-state index in [1.54, 1.807) is 18.2 Å². The molecule has 1 aliphatic rings. The van der Waals surface area contributed by atoms with Gasteiger partial charge in [-0.05, 0) is 30.9 Å². The summed E-state index contributed by atoms with van der Waals surface area (Å²) >= 11 is 0. The van der Waals surface area contributed by atoms with Gasteiger partial charge in [-0.25, -0.2) is 4.79 Å². The number of benzene rings is 1. The molecule has 1 saturated carbocycles. The first-order valence-corrected chi connectivity index (χ1v) is 7.53. The summed E-state index contributed by atoms with van der Waals surface area (Å²) in [5.41, 5.74) is 0.175. The van der Waals surface area contributed by atoms with Gasteiger partial charge in [-0.1, -0.05) is 31.9 Å². The van der Waals surface area contributed by atoms with Crippen LogP contribution in [0.25, 0.3) is 0 Å². The quantitative estimate of drug-likeness (QED) is 0.914. The summed E-state index contributed by atoms with van der Waals surface area (Å²) in [5.74, 6) is -0.410. The molecule has 98 valence electrons. The first-order valence-electron chi connectivity index (χ1n) is 6.32. The molecule has 1 N–H and O–H groups in total. The standard InChI is InChI=1S/C14H18O3S/c1-10-5-4-6-11(9-10)18(17)13-8-3-2-7-12(13)14(15)16/h2-3,7-8,10-11H,4-6,9H2,1H3,(H,15,16). The Kier molecular flexibility index (Phi) is 4.17. The molecule has 3 unspecified atom stereocenters. The van der Waals surface area contributed by atoms with Crippen LogP contribution in [0.1, 0.15) is 43.0 Å². The van der Waals surface area contributed by atoms with Gasteiger partial charge in [-0.2, -0.15) is 0 Å². The van der Waals surface area contributed by atoms with E-state index in [0.717, 1.165) is 19.3 Å². The molecule has 0 radical (unpaired) electrons. The molecule has 0 aromatic heterocycles. The Morgan fingerprint density at radius 3 is 2.72 bits per heavy atom. The average molecular weight is 266 g/mol. The summed E-state index contributed by atoms with van der Waals surface area (Å²) < 4.78 is 12.5. The van der Waals surface area contributed by atoms with Crippen molar-refractivity contribution in [3.8, 4) is 0 Å². The van der Waals surface area contributed by atoms with Crippen molar-refractivity contribution >= 4 is 16.8 Å². The minimum atomic E-state index is -1.20. The molecule has 0 heterocycles. The lowest BCUT2D eigenvalue weighted by atomic mass is 9.91. The van der Waals surface area contributed by atoms with Gasteiger partial charge < -0.3 is 5.11 Å². The summed E-state index contributed by atoms with van der Waals surface area (Å²) in [7, 11) is -1.20. The number of carboxylic acid groups (broad SMARTS) is 1. The lowest BCUT2D eigenvalue weighted by molar-refractivity contribution is 0.0693. The fourth-order valence-electron chi connectivity index (χ4n) is 2.57. The predicted octanol–water partition coefficient (Wildman–Crippen LogP) is 3.07. The number of carbonyl (C=O) groups is 1. The molecule has 1 fully saturated rings. The molecule has 0 saturated heterocycles. The Bertz CT molecular complexity index is 470. The fraction of sp³-hybridized carbons (Fsp3) is 0.500. The van der Waals surface area contributed by atoms with Crippen LogP contribution in [0.5, 0.6) is 0 Å². The highest BCUT2D eigenvalue weighted by molar-refractivity contribution is 7.85. The van der Waals surface area contributed by atoms with E-state index >= 15 is 0 Å². The highest BCUT2D eigenvalue weighted by Gasteiger charge is 2.27. The van der Waals surface area contributed by atoms with E-state index in [0.29, 0.717) is 10.8 Å². The van der Waals surface area contributed by atoms with Crippen molar-refractivity contribution in [3.05, 3.63) is 29.8 Å². The molecule has 0 spiro atoms. The summed E-state index contributed by atoms with van der Waals surface area (Å²) in [6, 6.07) is 6.64. The maximum absolute atomic E-state index is 12.5. The zero-order valence-corrected chi connectivity index (χ0v) is 11.3. The van der Waals surface area contributed by atoms with Crippen LogP contribution in [0.4, 0.5) is 0 Å². The van der Waals surface area contributed by atoms with Crippen molar-refractivity contribution in [3.63, 3.8) is 0 Å². The molecule has 4 heteroatoms. The molecule has 0 aliphatic heterocycles. The second-order valence-electron chi connectivity index (χ2n) is 4.99. The number of aromatic carboxylic acids is 1. The van der Waals surface area contributed by atoms with Gasteiger partial charge in [0.25, 0.3) is 0 Å². The minimum Gasteiger partial charge on any atom is -0.478 e. The second kappa shape index (κ2) is 5.65. The normalized spacial score (nSPS) is 25.6. The molecular weight excluding hydrogens is 248 g/mol. The third-order valence-corrected chi connectivity index (χ3v) is 5.35. The maximum Gasteiger partial charge on any atom is 0.336 e. The molecule has 3 atom stereocenters. The lowest BCUT2D eigenvalue weighted by Gasteiger charge is -2.26. The van der Waals surface area contributed by atoms with Crippen LogP contribution in [0.2, 0.25) is 0 Å². The second-order valence-corrected chi connectivity index (χ2v) is 6.69. The molecule has 1 aromatic rings. The SMILES string of the molecule is CC1CCCC(S(=O)c2ccccc2C(=O)O)C1. The molecule has 1 aromatic carbocycles. The van der Waals surface area contributed by atoms with Crippen molar-refractivity contribution in [2.24, 2.45) is 5.92 Å². The van der Waals surface area contributed by atoms with Crippen molar-refractivity contribution in [2.75, 3.05) is 0 Å². The van der Waals surface area contributed by atoms with Gasteiger partial charge in [0.2, 0.25) is 0 Å². The van der Waals surface area contributed by atoms with E-state index in [-0.39, 0.29) is 10.8 Å². The van der Waals surface area contributed by atoms with Crippen LogP contribution < -0.4 is 0 Å². The molecule has 0 bridgehead atoms. The largest absolute Gasteiger partial charge is 0.478 e. The summed E-state index contributed by atoms with van der Waals surface area (Å²) in [6.45, 7) is 2.17. The van der Waals surface area contributed by atoms with Gasteiger partial charge >= 0.3 is 5.97 Å². The first-order chi connectivity index (χ1) is 8.59. The Labute approximate surface area is 110 Å². The smallest absolute Gasteiger partial charge is 0.336 e. The van der Waals surface area contributed by atoms with Gasteiger partial charge in [-0.15, -0.1) is 0 Å². The molecule has 3 nitrogen and oxygen atoms in total. The van der Waals surface area contributed by atoms with E-state index in [1.165, 1.54) is 12.5 Å². The van der Waals surface area contributed by atoms with Gasteiger partial charge in [-0.3, -0.25) is 4.21 Å². The van der Waals surface area contributed by atoms with Gasteiger partial charge in [0.1, 0.15) is 0 Å². The molecule has 18 heavy (non-hydrogen) atoms. The van der Waals surface area contributed by atoms with Crippen LogP contribution in [-0.4, -0.2) is 20.5 Å². The van der Waals surface area contributed by atoms with Crippen LogP contribution >= 0.6 is 0 Å². The van der Waals surface area contributed by atoms with Crippen LogP contribution in [0, 0.1) is 5.92 Å². The Morgan fingerprint density at radius 2 is 2.06 bits per heavy atom. The zero-order chi connectivity index (χ0) is 13.1. The van der Waals surface area contributed by atoms with E-state index in [2.05, 4.69) is 6.92 Å². The number of rotatable bonds is 3. The molecule has 1 aliphatic carbocycles. The van der Waals surface area contributed by atoms with Crippen molar-refractivity contribution in [2.45, 2.75) is 42.8 Å². The minimum absolute atomic E-state index is 0.106. The Balaban J connectivity index is 2.25. The monoisotopic (exact) mass is 266 g/mol. The number of carboxylic acids is 1. The first kappa shape index (κ1) is 13.3. The zero-order valence-electron chi connectivity index (χ0n) is 10.5. The highest BCUT2D eigenvalue weighted by Crippen LogP contribution is 2.30. The fourth-order valence-corrected chi connectivity index (χ4v) is 4.40. The van der Waals surface area contributed by atoms with Crippen molar-refractivity contribution in [1.29, 1.82) is 0 Å². The summed E-state index contributed by atoms with van der Waals surface area (Å²) in [5, 5.41) is 9.24. The van der Waals surface area contributed by atoms with E-state index in [9.17, 15) is 9.00 Å². The third-order valence-electron chi connectivity index (χ3n) is 3.53.